The normalized spacial score (nSPS) is 10.5. The van der Waals surface area contributed by atoms with E-state index in [0.29, 0.717) is 28.6 Å². The van der Waals surface area contributed by atoms with Crippen LogP contribution in [0.4, 0.5) is 0 Å². The molecule has 0 aliphatic heterocycles. The van der Waals surface area contributed by atoms with Crippen molar-refractivity contribution in [1.82, 2.24) is 9.55 Å². The number of aromatic nitrogens is 2. The molecule has 0 saturated heterocycles. The topological polar surface area (TPSA) is 82.1 Å². The molecule has 0 aliphatic carbocycles. The lowest BCUT2D eigenvalue weighted by atomic mass is 9.78. The van der Waals surface area contributed by atoms with Crippen molar-refractivity contribution in [2.45, 2.75) is 20.4 Å². The lowest BCUT2D eigenvalue weighted by Crippen LogP contribution is -2.32. The highest BCUT2D eigenvalue weighted by Crippen LogP contribution is 2.16. The lowest BCUT2D eigenvalue weighted by Gasteiger charge is -2.07. The second-order valence-electron chi connectivity index (χ2n) is 3.82. The van der Waals surface area contributed by atoms with E-state index in [1.165, 1.54) is 6.07 Å². The van der Waals surface area contributed by atoms with Crippen molar-refractivity contribution >= 4 is 23.6 Å². The molecule has 0 amide bonds. The molecule has 2 aromatic rings. The summed E-state index contributed by atoms with van der Waals surface area (Å²) in [5.74, 6) is 0.791. The Hall–Kier alpha value is -1.84. The number of nitrogens with zero attached hydrogens (tertiary/aromatic N) is 3. The molecule has 1 aromatic carbocycles. The van der Waals surface area contributed by atoms with E-state index in [2.05, 4.69) is 4.98 Å². The Morgan fingerprint density at radius 1 is 1.47 bits per heavy atom. The minimum Gasteiger partial charge on any atom is -0.423 e. The van der Waals surface area contributed by atoms with Gasteiger partial charge in [-0.15, -0.1) is 0 Å². The number of nitriles is 1. The summed E-state index contributed by atoms with van der Waals surface area (Å²) in [5.41, 5.74) is 1.99. The SMILES string of the molecule is CCn1c(C)nc2cc(C#N)cc(B(O)O)c21. The van der Waals surface area contributed by atoms with E-state index in [4.69, 9.17) is 5.26 Å². The van der Waals surface area contributed by atoms with E-state index in [0.717, 1.165) is 5.82 Å². The van der Waals surface area contributed by atoms with Crippen LogP contribution in [-0.4, -0.2) is 26.7 Å². The van der Waals surface area contributed by atoms with Gasteiger partial charge in [0.05, 0.1) is 22.7 Å². The summed E-state index contributed by atoms with van der Waals surface area (Å²) in [7, 11) is -1.60. The smallest absolute Gasteiger partial charge is 0.423 e. The quantitative estimate of drug-likeness (QED) is 0.705. The number of imidazole rings is 1. The number of rotatable bonds is 2. The van der Waals surface area contributed by atoms with Crippen LogP contribution in [0.3, 0.4) is 0 Å². The zero-order valence-corrected chi connectivity index (χ0v) is 9.68. The molecule has 2 N–H and O–H groups in total. The summed E-state index contributed by atoms with van der Waals surface area (Å²) in [6.45, 7) is 4.50. The number of hydrogen-bond donors (Lipinski definition) is 2. The van der Waals surface area contributed by atoms with Gasteiger partial charge in [-0.3, -0.25) is 0 Å². The van der Waals surface area contributed by atoms with Crippen molar-refractivity contribution in [3.8, 4) is 6.07 Å². The van der Waals surface area contributed by atoms with E-state index in [-0.39, 0.29) is 0 Å². The van der Waals surface area contributed by atoms with Crippen LogP contribution < -0.4 is 5.46 Å². The molecule has 17 heavy (non-hydrogen) atoms. The monoisotopic (exact) mass is 229 g/mol. The van der Waals surface area contributed by atoms with Crippen LogP contribution in [0.1, 0.15) is 18.3 Å². The molecule has 86 valence electrons. The molecule has 0 fully saturated rings. The molecule has 1 aromatic heterocycles. The summed E-state index contributed by atoms with van der Waals surface area (Å²) in [5, 5.41) is 27.6. The minimum absolute atomic E-state index is 0.321. The van der Waals surface area contributed by atoms with Gasteiger partial charge in [-0.05, 0) is 26.0 Å². The van der Waals surface area contributed by atoms with E-state index in [9.17, 15) is 10.0 Å². The van der Waals surface area contributed by atoms with Crippen molar-refractivity contribution in [3.63, 3.8) is 0 Å². The first-order valence-electron chi connectivity index (χ1n) is 5.35. The van der Waals surface area contributed by atoms with Crippen LogP contribution in [0.15, 0.2) is 12.1 Å². The van der Waals surface area contributed by atoms with Gasteiger partial charge in [0.25, 0.3) is 0 Å². The molecule has 0 unspecified atom stereocenters. The first-order chi connectivity index (χ1) is 8.08. The van der Waals surface area contributed by atoms with Gasteiger partial charge in [-0.2, -0.15) is 5.26 Å². The van der Waals surface area contributed by atoms with Crippen LogP contribution in [0, 0.1) is 18.3 Å². The van der Waals surface area contributed by atoms with Crippen LogP contribution in [-0.2, 0) is 6.54 Å². The molecule has 0 bridgehead atoms. The Morgan fingerprint density at radius 2 is 2.18 bits per heavy atom. The van der Waals surface area contributed by atoms with Crippen LogP contribution >= 0.6 is 0 Å². The molecule has 2 rings (SSSR count). The van der Waals surface area contributed by atoms with Gasteiger partial charge in [0.1, 0.15) is 5.82 Å². The molecular weight excluding hydrogens is 217 g/mol. The van der Waals surface area contributed by atoms with E-state index in [1.54, 1.807) is 6.07 Å². The molecular formula is C11H12BN3O2. The van der Waals surface area contributed by atoms with Gasteiger partial charge < -0.3 is 14.6 Å². The van der Waals surface area contributed by atoms with Gasteiger partial charge in [0, 0.05) is 12.0 Å². The van der Waals surface area contributed by atoms with E-state index < -0.39 is 7.12 Å². The van der Waals surface area contributed by atoms with Crippen LogP contribution in [0.25, 0.3) is 11.0 Å². The Labute approximate surface area is 99.1 Å². The highest BCUT2D eigenvalue weighted by molar-refractivity contribution is 6.61. The first-order valence-corrected chi connectivity index (χ1v) is 5.35. The lowest BCUT2D eigenvalue weighted by molar-refractivity contribution is 0.426. The third kappa shape index (κ3) is 1.80. The maximum atomic E-state index is 9.38. The van der Waals surface area contributed by atoms with Gasteiger partial charge in [0.15, 0.2) is 0 Å². The summed E-state index contributed by atoms with van der Waals surface area (Å²) in [4.78, 5) is 4.33. The van der Waals surface area contributed by atoms with Crippen molar-refractivity contribution < 1.29 is 10.0 Å². The zero-order chi connectivity index (χ0) is 12.6. The molecule has 1 heterocycles. The fraction of sp³-hybridized carbons (Fsp3) is 0.273. The predicted octanol–water partition coefficient (Wildman–Crippen LogP) is -0.0839. The third-order valence-electron chi connectivity index (χ3n) is 2.79. The standard InChI is InChI=1S/C11H12BN3O2/c1-3-15-7(2)14-10-5-8(6-13)4-9(11(10)15)12(16)17/h4-5,16-17H,3H2,1-2H3. The van der Waals surface area contributed by atoms with E-state index in [1.807, 2.05) is 24.5 Å². The van der Waals surface area contributed by atoms with Gasteiger partial charge in [-0.1, -0.05) is 0 Å². The summed E-state index contributed by atoms with van der Waals surface area (Å²) < 4.78 is 1.89. The molecule has 6 heteroatoms. The maximum Gasteiger partial charge on any atom is 0.490 e. The fourth-order valence-corrected chi connectivity index (χ4v) is 2.07. The fourth-order valence-electron chi connectivity index (χ4n) is 2.07. The molecule has 0 spiro atoms. The number of hydrogen-bond acceptors (Lipinski definition) is 4. The van der Waals surface area contributed by atoms with Gasteiger partial charge in [0.2, 0.25) is 0 Å². The number of benzene rings is 1. The number of aryl methyl sites for hydroxylation is 2. The third-order valence-corrected chi connectivity index (χ3v) is 2.79. The highest BCUT2D eigenvalue weighted by Gasteiger charge is 2.20. The largest absolute Gasteiger partial charge is 0.490 e. The Bertz CT molecular complexity index is 613. The second-order valence-corrected chi connectivity index (χ2v) is 3.82. The van der Waals surface area contributed by atoms with E-state index >= 15 is 0 Å². The predicted molar refractivity (Wildman–Crippen MR) is 64.7 cm³/mol. The summed E-state index contributed by atoms with van der Waals surface area (Å²) in [6.07, 6.45) is 0. The Kier molecular flexibility index (Phi) is 2.88. The molecule has 0 atom stereocenters. The number of fused-ring (bicyclic) bond motifs is 1. The Balaban J connectivity index is 2.88. The van der Waals surface area contributed by atoms with Crippen molar-refractivity contribution in [3.05, 3.63) is 23.5 Å². The Morgan fingerprint density at radius 3 is 2.71 bits per heavy atom. The molecule has 0 saturated carbocycles. The van der Waals surface area contributed by atoms with Crippen molar-refractivity contribution in [1.29, 1.82) is 5.26 Å². The van der Waals surface area contributed by atoms with Crippen LogP contribution in [0.5, 0.6) is 0 Å². The molecule has 5 nitrogen and oxygen atoms in total. The average molecular weight is 229 g/mol. The second kappa shape index (κ2) is 4.20. The van der Waals surface area contributed by atoms with Gasteiger partial charge >= 0.3 is 7.12 Å². The summed E-state index contributed by atoms with van der Waals surface area (Å²) in [6, 6.07) is 5.13. The molecule has 0 radical (unpaired) electrons. The van der Waals surface area contributed by atoms with Gasteiger partial charge in [-0.25, -0.2) is 4.98 Å². The maximum absolute atomic E-state index is 9.38. The zero-order valence-electron chi connectivity index (χ0n) is 9.68. The summed E-state index contributed by atoms with van der Waals surface area (Å²) >= 11 is 0. The molecule has 0 aliphatic rings. The minimum atomic E-state index is -1.60. The first kappa shape index (κ1) is 11.6. The highest BCUT2D eigenvalue weighted by atomic mass is 16.4. The average Bonchev–Trinajstić information content (AvgIpc) is 2.62. The van der Waals surface area contributed by atoms with Crippen LogP contribution in [0.2, 0.25) is 0 Å². The van der Waals surface area contributed by atoms with Crippen molar-refractivity contribution in [2.24, 2.45) is 0 Å². The van der Waals surface area contributed by atoms with Crippen molar-refractivity contribution in [2.75, 3.05) is 0 Å².